The van der Waals surface area contributed by atoms with Crippen molar-refractivity contribution in [1.29, 1.82) is 0 Å². The van der Waals surface area contributed by atoms with Crippen LogP contribution in [0.2, 0.25) is 0 Å². The fourth-order valence-electron chi connectivity index (χ4n) is 1.07. The molecule has 1 rings (SSSR count). The molecule has 0 bridgehead atoms. The van der Waals surface area contributed by atoms with Gasteiger partial charge < -0.3 is 4.84 Å². The van der Waals surface area contributed by atoms with Crippen molar-refractivity contribution in [2.45, 2.75) is 25.9 Å². The van der Waals surface area contributed by atoms with Crippen molar-refractivity contribution in [3.63, 3.8) is 0 Å². The van der Waals surface area contributed by atoms with Crippen molar-refractivity contribution in [2.24, 2.45) is 4.99 Å². The second-order valence-electron chi connectivity index (χ2n) is 2.60. The Hall–Kier alpha value is -0.410. The number of aliphatic imine (C=N–C) groups is 1. The zero-order valence-electron chi connectivity index (χ0n) is 6.74. The highest BCUT2D eigenvalue weighted by Gasteiger charge is 2.21. The lowest BCUT2D eigenvalue weighted by molar-refractivity contribution is -0.152. The van der Waals surface area contributed by atoms with Crippen LogP contribution in [0.3, 0.4) is 0 Å². The van der Waals surface area contributed by atoms with Crippen molar-refractivity contribution in [3.05, 3.63) is 0 Å². The van der Waals surface area contributed by atoms with Crippen LogP contribution in [0.15, 0.2) is 4.99 Å². The Morgan fingerprint density at radius 1 is 1.60 bits per heavy atom. The summed E-state index contributed by atoms with van der Waals surface area (Å²) in [4.78, 5) is 9.38. The van der Waals surface area contributed by atoms with E-state index in [-0.39, 0.29) is 0 Å². The van der Waals surface area contributed by atoms with Crippen LogP contribution in [0.1, 0.15) is 13.8 Å². The summed E-state index contributed by atoms with van der Waals surface area (Å²) < 4.78 is 0. The maximum absolute atomic E-state index is 5.12. The van der Waals surface area contributed by atoms with Gasteiger partial charge in [-0.1, -0.05) is 0 Å². The zero-order chi connectivity index (χ0) is 7.56. The molecule has 3 heteroatoms. The van der Waals surface area contributed by atoms with Gasteiger partial charge in [0.2, 0.25) is 0 Å². The summed E-state index contributed by atoms with van der Waals surface area (Å²) in [5, 5.41) is 1.93. The van der Waals surface area contributed by atoms with E-state index in [1.54, 1.807) is 7.11 Å². The highest BCUT2D eigenvalue weighted by atomic mass is 16.7. The molecule has 3 nitrogen and oxygen atoms in total. The molecule has 2 unspecified atom stereocenters. The van der Waals surface area contributed by atoms with Gasteiger partial charge in [-0.15, -0.1) is 0 Å². The first-order chi connectivity index (χ1) is 4.75. The van der Waals surface area contributed by atoms with Gasteiger partial charge in [-0.2, -0.15) is 5.06 Å². The van der Waals surface area contributed by atoms with Crippen LogP contribution >= 0.6 is 0 Å². The molecule has 0 spiro atoms. The van der Waals surface area contributed by atoms with Crippen LogP contribution in [-0.4, -0.2) is 37.0 Å². The number of rotatable bonds is 1. The predicted molar refractivity (Wildman–Crippen MR) is 41.1 cm³/mol. The molecule has 0 radical (unpaired) electrons. The van der Waals surface area contributed by atoms with Crippen LogP contribution in [-0.2, 0) is 4.84 Å². The standard InChI is InChI=1S/C7H14N2O/c1-6-7(2)9(10-3)5-4-8-6/h4,6-7H,5H2,1-3H3. The first kappa shape index (κ1) is 7.69. The first-order valence-corrected chi connectivity index (χ1v) is 3.58. The van der Waals surface area contributed by atoms with E-state index in [0.29, 0.717) is 12.1 Å². The molecular formula is C7H14N2O. The van der Waals surface area contributed by atoms with Gasteiger partial charge in [-0.05, 0) is 13.8 Å². The zero-order valence-corrected chi connectivity index (χ0v) is 6.74. The number of hydrogen-bond donors (Lipinski definition) is 0. The molecule has 0 fully saturated rings. The molecule has 0 N–H and O–H groups in total. The van der Waals surface area contributed by atoms with Crippen LogP contribution < -0.4 is 0 Å². The van der Waals surface area contributed by atoms with Gasteiger partial charge in [0.25, 0.3) is 0 Å². The molecule has 1 aliphatic heterocycles. The summed E-state index contributed by atoms with van der Waals surface area (Å²) in [7, 11) is 1.70. The predicted octanol–water partition coefficient (Wildman–Crippen LogP) is 0.711. The Labute approximate surface area is 61.6 Å². The highest BCUT2D eigenvalue weighted by molar-refractivity contribution is 5.60. The normalized spacial score (nSPS) is 34.7. The average Bonchev–Trinajstić information content (AvgIpc) is 1.95. The fourth-order valence-corrected chi connectivity index (χ4v) is 1.07. The van der Waals surface area contributed by atoms with Crippen molar-refractivity contribution < 1.29 is 4.84 Å². The molecule has 2 atom stereocenters. The van der Waals surface area contributed by atoms with Gasteiger partial charge in [0, 0.05) is 6.21 Å². The van der Waals surface area contributed by atoms with E-state index in [4.69, 9.17) is 4.84 Å². The smallest absolute Gasteiger partial charge is 0.0644 e. The van der Waals surface area contributed by atoms with Crippen molar-refractivity contribution >= 4 is 6.21 Å². The maximum atomic E-state index is 5.12. The summed E-state index contributed by atoms with van der Waals surface area (Å²) >= 11 is 0. The summed E-state index contributed by atoms with van der Waals surface area (Å²) in [5.74, 6) is 0. The van der Waals surface area contributed by atoms with Crippen LogP contribution in [0.25, 0.3) is 0 Å². The topological polar surface area (TPSA) is 24.8 Å². The molecule has 58 valence electrons. The molecule has 0 aromatic rings. The summed E-state index contributed by atoms with van der Waals surface area (Å²) in [6.45, 7) is 5.01. The van der Waals surface area contributed by atoms with E-state index in [1.165, 1.54) is 0 Å². The quantitative estimate of drug-likeness (QED) is 0.538. The average molecular weight is 142 g/mol. The van der Waals surface area contributed by atoms with E-state index in [1.807, 2.05) is 11.3 Å². The molecule has 0 saturated heterocycles. The van der Waals surface area contributed by atoms with Gasteiger partial charge in [0.05, 0.1) is 25.7 Å². The number of nitrogens with zero attached hydrogens (tertiary/aromatic N) is 2. The van der Waals surface area contributed by atoms with Gasteiger partial charge in [0.1, 0.15) is 0 Å². The fraction of sp³-hybridized carbons (Fsp3) is 0.857. The van der Waals surface area contributed by atoms with Gasteiger partial charge in [-0.3, -0.25) is 4.99 Å². The maximum Gasteiger partial charge on any atom is 0.0644 e. The van der Waals surface area contributed by atoms with E-state index in [2.05, 4.69) is 18.8 Å². The molecule has 0 aromatic carbocycles. The van der Waals surface area contributed by atoms with E-state index in [0.717, 1.165) is 6.54 Å². The molecule has 0 aromatic heterocycles. The second-order valence-corrected chi connectivity index (χ2v) is 2.60. The van der Waals surface area contributed by atoms with Crippen molar-refractivity contribution in [1.82, 2.24) is 5.06 Å². The molecule has 1 aliphatic rings. The third kappa shape index (κ3) is 1.36. The number of hydrogen-bond acceptors (Lipinski definition) is 3. The first-order valence-electron chi connectivity index (χ1n) is 3.58. The molecule has 1 heterocycles. The van der Waals surface area contributed by atoms with E-state index >= 15 is 0 Å². The Morgan fingerprint density at radius 3 is 2.80 bits per heavy atom. The van der Waals surface area contributed by atoms with Gasteiger partial charge >= 0.3 is 0 Å². The SMILES string of the molecule is CON1CC=NC(C)C1C. The number of hydroxylamine groups is 2. The minimum Gasteiger partial charge on any atom is -0.302 e. The van der Waals surface area contributed by atoms with Crippen molar-refractivity contribution in [3.8, 4) is 0 Å². The third-order valence-corrected chi connectivity index (χ3v) is 1.99. The third-order valence-electron chi connectivity index (χ3n) is 1.99. The lowest BCUT2D eigenvalue weighted by Gasteiger charge is -2.31. The Kier molecular flexibility index (Phi) is 2.40. The minimum absolute atomic E-state index is 0.355. The Morgan fingerprint density at radius 2 is 2.30 bits per heavy atom. The largest absolute Gasteiger partial charge is 0.302 e. The molecular weight excluding hydrogens is 128 g/mol. The van der Waals surface area contributed by atoms with Gasteiger partial charge in [-0.25, -0.2) is 0 Å². The lowest BCUT2D eigenvalue weighted by atomic mass is 10.1. The lowest BCUT2D eigenvalue weighted by Crippen LogP contribution is -2.43. The molecule has 0 saturated carbocycles. The summed E-state index contributed by atoms with van der Waals surface area (Å²) in [6.07, 6.45) is 1.90. The summed E-state index contributed by atoms with van der Waals surface area (Å²) in [6, 6.07) is 0.753. The van der Waals surface area contributed by atoms with Crippen LogP contribution in [0, 0.1) is 0 Å². The molecule has 0 amide bonds. The van der Waals surface area contributed by atoms with Crippen LogP contribution in [0.4, 0.5) is 0 Å². The molecule has 10 heavy (non-hydrogen) atoms. The molecule has 0 aliphatic carbocycles. The van der Waals surface area contributed by atoms with Gasteiger partial charge in [0.15, 0.2) is 0 Å². The Balaban J connectivity index is 2.56. The summed E-state index contributed by atoms with van der Waals surface area (Å²) in [5.41, 5.74) is 0. The second kappa shape index (κ2) is 3.12. The monoisotopic (exact) mass is 142 g/mol. The van der Waals surface area contributed by atoms with E-state index in [9.17, 15) is 0 Å². The van der Waals surface area contributed by atoms with Crippen molar-refractivity contribution in [2.75, 3.05) is 13.7 Å². The van der Waals surface area contributed by atoms with Crippen LogP contribution in [0.5, 0.6) is 0 Å². The van der Waals surface area contributed by atoms with E-state index < -0.39 is 0 Å². The highest BCUT2D eigenvalue weighted by Crippen LogP contribution is 2.09. The Bertz CT molecular complexity index is 136. The minimum atomic E-state index is 0.355.